The van der Waals surface area contributed by atoms with Crippen LogP contribution in [0.1, 0.15) is 37.7 Å². The van der Waals surface area contributed by atoms with E-state index in [0.29, 0.717) is 0 Å². The number of thioether (sulfide) groups is 1. The van der Waals surface area contributed by atoms with E-state index in [4.69, 9.17) is 4.74 Å². The summed E-state index contributed by atoms with van der Waals surface area (Å²) in [5, 5.41) is 2.12. The Morgan fingerprint density at radius 3 is 2.67 bits per heavy atom. The lowest BCUT2D eigenvalue weighted by atomic mass is 9.80. The number of halogens is 2. The monoisotopic (exact) mass is 470 g/mol. The molecule has 24 heavy (non-hydrogen) atoms. The van der Waals surface area contributed by atoms with Gasteiger partial charge in [0.15, 0.2) is 5.78 Å². The van der Waals surface area contributed by atoms with Crippen molar-refractivity contribution >= 4 is 55.5 Å². The molecule has 1 fully saturated rings. The maximum atomic E-state index is 13.1. The van der Waals surface area contributed by atoms with E-state index in [2.05, 4.69) is 43.3 Å². The van der Waals surface area contributed by atoms with Crippen molar-refractivity contribution in [3.05, 3.63) is 46.9 Å². The molecule has 2 unspecified atom stereocenters. The van der Waals surface area contributed by atoms with Crippen molar-refractivity contribution in [3.63, 3.8) is 0 Å². The van der Waals surface area contributed by atoms with Crippen LogP contribution in [0.5, 0.6) is 5.75 Å². The van der Waals surface area contributed by atoms with Gasteiger partial charge < -0.3 is 4.74 Å². The van der Waals surface area contributed by atoms with Crippen LogP contribution < -0.4 is 4.74 Å². The van der Waals surface area contributed by atoms with Gasteiger partial charge in [-0.2, -0.15) is 0 Å². The summed E-state index contributed by atoms with van der Waals surface area (Å²) in [5.41, 5.74) is 1.96. The molecule has 0 aromatic heterocycles. The molecule has 128 valence electrons. The Morgan fingerprint density at radius 1 is 1.29 bits per heavy atom. The molecule has 2 atom stereocenters. The summed E-state index contributed by atoms with van der Waals surface area (Å²) in [7, 11) is 1.66. The fourth-order valence-electron chi connectivity index (χ4n) is 3.26. The molecule has 1 heterocycles. The normalized spacial score (nSPS) is 31.6. The fourth-order valence-corrected chi connectivity index (χ4v) is 6.78. The van der Waals surface area contributed by atoms with Gasteiger partial charge in [0, 0.05) is 0 Å². The average Bonchev–Trinajstić information content (AvgIpc) is 2.98. The smallest absolute Gasteiger partial charge is 0.175 e. The van der Waals surface area contributed by atoms with E-state index in [9.17, 15) is 4.79 Å². The summed E-state index contributed by atoms with van der Waals surface area (Å²) in [5.74, 6) is 1.06. The Hall–Kier alpha value is -0.520. The molecule has 0 amide bonds. The van der Waals surface area contributed by atoms with Crippen LogP contribution in [-0.4, -0.2) is 20.9 Å². The molecule has 0 bridgehead atoms. The zero-order valence-electron chi connectivity index (χ0n) is 13.6. The van der Waals surface area contributed by atoms with Gasteiger partial charge in [0.1, 0.15) is 5.75 Å². The number of carbonyl (C=O) groups is 1. The van der Waals surface area contributed by atoms with E-state index in [1.807, 2.05) is 30.3 Å². The number of methoxy groups -OCH3 is 1. The molecule has 2 nitrogen and oxygen atoms in total. The van der Waals surface area contributed by atoms with E-state index in [-0.39, 0.29) is 9.44 Å². The number of rotatable bonds is 4. The predicted molar refractivity (Wildman–Crippen MR) is 109 cm³/mol. The number of carbonyl (C=O) groups excluding carboxylic acids is 1. The fraction of sp³-hybridized carbons (Fsp3) is 0.421. The molecule has 3 rings (SSSR count). The third kappa shape index (κ3) is 4.00. The lowest BCUT2D eigenvalue weighted by Crippen LogP contribution is -2.41. The SMILES string of the molecule is COc1ccc(C=C2CCCC(Br)(CC3(Br)CC=CS3)C2=O)cc1. The number of allylic oxidation sites excluding steroid dienone is 2. The number of hydrogen-bond acceptors (Lipinski definition) is 3. The molecule has 2 aliphatic rings. The summed E-state index contributed by atoms with van der Waals surface area (Å²) < 4.78 is 4.66. The van der Waals surface area contributed by atoms with E-state index < -0.39 is 4.32 Å². The molecule has 0 spiro atoms. The lowest BCUT2D eigenvalue weighted by molar-refractivity contribution is -0.118. The van der Waals surface area contributed by atoms with E-state index in [0.717, 1.165) is 49.0 Å². The van der Waals surface area contributed by atoms with Crippen molar-refractivity contribution in [2.45, 2.75) is 40.1 Å². The molecule has 0 radical (unpaired) electrons. The van der Waals surface area contributed by atoms with Gasteiger partial charge in [0.05, 0.1) is 15.1 Å². The highest BCUT2D eigenvalue weighted by Crippen LogP contribution is 2.52. The van der Waals surface area contributed by atoms with Crippen molar-refractivity contribution in [1.82, 2.24) is 0 Å². The first kappa shape index (κ1) is 18.3. The predicted octanol–water partition coefficient (Wildman–Crippen LogP) is 6.10. The first-order chi connectivity index (χ1) is 11.4. The van der Waals surface area contributed by atoms with Gasteiger partial charge in [-0.05, 0) is 66.9 Å². The summed E-state index contributed by atoms with van der Waals surface area (Å²) in [6, 6.07) is 7.84. The summed E-state index contributed by atoms with van der Waals surface area (Å²) in [4.78, 5) is 13.1. The molecule has 0 saturated heterocycles. The van der Waals surface area contributed by atoms with Crippen LogP contribution >= 0.6 is 43.6 Å². The molecule has 1 aliphatic carbocycles. The van der Waals surface area contributed by atoms with Gasteiger partial charge in [-0.15, -0.1) is 11.8 Å². The minimum Gasteiger partial charge on any atom is -0.497 e. The first-order valence-corrected chi connectivity index (χ1v) is 10.5. The van der Waals surface area contributed by atoms with Crippen molar-refractivity contribution < 1.29 is 9.53 Å². The van der Waals surface area contributed by atoms with Crippen LogP contribution in [0.25, 0.3) is 6.08 Å². The highest BCUT2D eigenvalue weighted by molar-refractivity contribution is 9.12. The summed E-state index contributed by atoms with van der Waals surface area (Å²) in [6.45, 7) is 0. The third-order valence-corrected chi connectivity index (χ3v) is 7.78. The van der Waals surface area contributed by atoms with Crippen molar-refractivity contribution in [2.24, 2.45) is 0 Å². The molecular formula is C19H20Br2O2S. The highest BCUT2D eigenvalue weighted by Gasteiger charge is 2.46. The van der Waals surface area contributed by atoms with Gasteiger partial charge in [0.25, 0.3) is 0 Å². The lowest BCUT2D eigenvalue weighted by Gasteiger charge is -2.36. The number of Topliss-reactive ketones (excluding diaryl/α,β-unsaturated/α-hetero) is 1. The van der Waals surface area contributed by atoms with E-state index in [1.165, 1.54) is 0 Å². The second kappa shape index (κ2) is 7.38. The molecule has 1 aliphatic heterocycles. The van der Waals surface area contributed by atoms with Gasteiger partial charge in [0.2, 0.25) is 0 Å². The highest BCUT2D eigenvalue weighted by atomic mass is 79.9. The third-order valence-electron chi connectivity index (χ3n) is 4.52. The molecule has 0 N–H and O–H groups in total. The van der Waals surface area contributed by atoms with Crippen molar-refractivity contribution in [3.8, 4) is 5.75 Å². The number of ketones is 1. The average molecular weight is 472 g/mol. The van der Waals surface area contributed by atoms with Crippen LogP contribution in [0, 0.1) is 0 Å². The zero-order chi connectivity index (χ0) is 17.2. The van der Waals surface area contributed by atoms with Crippen LogP contribution in [-0.2, 0) is 4.79 Å². The Balaban J connectivity index is 1.79. The van der Waals surface area contributed by atoms with Crippen LogP contribution in [0.3, 0.4) is 0 Å². The van der Waals surface area contributed by atoms with Crippen molar-refractivity contribution in [1.29, 1.82) is 0 Å². The Labute approximate surface area is 164 Å². The van der Waals surface area contributed by atoms with Crippen molar-refractivity contribution in [2.75, 3.05) is 7.11 Å². The minimum absolute atomic E-state index is 0.0608. The van der Waals surface area contributed by atoms with Gasteiger partial charge in [-0.1, -0.05) is 50.1 Å². The molecule has 1 aromatic rings. The minimum atomic E-state index is -0.466. The van der Waals surface area contributed by atoms with Crippen LogP contribution in [0.4, 0.5) is 0 Å². The number of hydrogen-bond donors (Lipinski definition) is 0. The Bertz CT molecular complexity index is 673. The summed E-state index contributed by atoms with van der Waals surface area (Å²) >= 11 is 9.40. The second-order valence-electron chi connectivity index (χ2n) is 6.34. The maximum absolute atomic E-state index is 13.1. The van der Waals surface area contributed by atoms with Gasteiger partial charge in [-0.25, -0.2) is 0 Å². The Kier molecular flexibility index (Phi) is 5.62. The van der Waals surface area contributed by atoms with Crippen LogP contribution in [0.15, 0.2) is 41.3 Å². The quantitative estimate of drug-likeness (QED) is 0.392. The standard InChI is InChI=1S/C19H20Br2O2S/c1-23-16-7-5-14(6-8-16)12-15-4-2-9-18(20,17(15)22)13-19(21)10-3-11-24-19/h3,5-8,11-12H,2,4,9-10,13H2,1H3. The first-order valence-electron chi connectivity index (χ1n) is 8.04. The summed E-state index contributed by atoms with van der Waals surface area (Å²) in [6.07, 6.45) is 8.69. The number of alkyl halides is 2. The Morgan fingerprint density at radius 2 is 2.04 bits per heavy atom. The molecule has 1 aromatic carbocycles. The molecular weight excluding hydrogens is 452 g/mol. The number of ether oxygens (including phenoxy) is 1. The zero-order valence-corrected chi connectivity index (χ0v) is 17.5. The molecule has 5 heteroatoms. The molecule has 1 saturated carbocycles. The van der Waals surface area contributed by atoms with E-state index in [1.54, 1.807) is 18.9 Å². The van der Waals surface area contributed by atoms with E-state index >= 15 is 0 Å². The largest absolute Gasteiger partial charge is 0.497 e. The maximum Gasteiger partial charge on any atom is 0.175 e. The second-order valence-corrected chi connectivity index (χ2v) is 11.2. The topological polar surface area (TPSA) is 26.3 Å². The van der Waals surface area contributed by atoms with Gasteiger partial charge in [-0.3, -0.25) is 4.79 Å². The van der Waals surface area contributed by atoms with Crippen LogP contribution in [0.2, 0.25) is 0 Å². The number of benzene rings is 1. The van der Waals surface area contributed by atoms with Gasteiger partial charge >= 0.3 is 0 Å².